The summed E-state index contributed by atoms with van der Waals surface area (Å²) in [4.78, 5) is 5.30. The van der Waals surface area contributed by atoms with Gasteiger partial charge in [-0.25, -0.2) is 0 Å². The van der Waals surface area contributed by atoms with Crippen molar-refractivity contribution in [3.8, 4) is 0 Å². The third-order valence-electron chi connectivity index (χ3n) is 5.49. The van der Waals surface area contributed by atoms with Gasteiger partial charge >= 0.3 is 0 Å². The number of hydrogen-bond acceptors (Lipinski definition) is 3. The Bertz CT molecular complexity index is 269. The van der Waals surface area contributed by atoms with Crippen LogP contribution in [0.5, 0.6) is 0 Å². The number of piperidine rings is 1. The summed E-state index contributed by atoms with van der Waals surface area (Å²) in [6.07, 6.45) is 5.31. The molecule has 3 nitrogen and oxygen atoms in total. The van der Waals surface area contributed by atoms with E-state index in [2.05, 4.69) is 42.9 Å². The first-order valence-electron chi connectivity index (χ1n) is 8.29. The highest BCUT2D eigenvalue weighted by atomic mass is 15.2. The van der Waals surface area contributed by atoms with Gasteiger partial charge in [-0.3, -0.25) is 4.90 Å². The largest absolute Gasteiger partial charge is 0.312 e. The molecule has 2 fully saturated rings. The van der Waals surface area contributed by atoms with Crippen LogP contribution in [0.3, 0.4) is 0 Å². The van der Waals surface area contributed by atoms with E-state index < -0.39 is 0 Å². The van der Waals surface area contributed by atoms with Gasteiger partial charge in [0.25, 0.3) is 0 Å². The van der Waals surface area contributed by atoms with Crippen molar-refractivity contribution >= 4 is 0 Å². The second kappa shape index (κ2) is 7.05. The molecule has 0 aromatic heterocycles. The van der Waals surface area contributed by atoms with Crippen LogP contribution in [0.2, 0.25) is 0 Å². The highest BCUT2D eigenvalue weighted by molar-refractivity contribution is 4.88. The monoisotopic (exact) mass is 267 g/mol. The Balaban J connectivity index is 1.94. The molecule has 0 bridgehead atoms. The Morgan fingerprint density at radius 1 is 1.32 bits per heavy atom. The zero-order chi connectivity index (χ0) is 13.8. The number of nitrogens with zero attached hydrogens (tertiary/aromatic N) is 2. The smallest absolute Gasteiger partial charge is 0.0220 e. The molecule has 4 unspecified atom stereocenters. The maximum absolute atomic E-state index is 3.77. The molecule has 4 atom stereocenters. The Morgan fingerprint density at radius 3 is 2.79 bits per heavy atom. The summed E-state index contributed by atoms with van der Waals surface area (Å²) in [5.74, 6) is 0.796. The van der Waals surface area contributed by atoms with Crippen molar-refractivity contribution in [3.63, 3.8) is 0 Å². The van der Waals surface area contributed by atoms with Crippen LogP contribution in [0, 0.1) is 5.92 Å². The van der Waals surface area contributed by atoms with E-state index in [1.54, 1.807) is 0 Å². The predicted molar refractivity (Wildman–Crippen MR) is 82.5 cm³/mol. The standard InChI is InChI=1S/C16H33N3/c1-5-13(2)16-12-19(9-6-8-17-16)15-7-10-18(4)14(3)11-15/h13-17H,5-12H2,1-4H3. The Morgan fingerprint density at radius 2 is 2.11 bits per heavy atom. The maximum Gasteiger partial charge on any atom is 0.0220 e. The van der Waals surface area contributed by atoms with E-state index in [0.29, 0.717) is 6.04 Å². The SMILES string of the molecule is CCC(C)C1CN(C2CCN(C)C(C)C2)CCCN1. The van der Waals surface area contributed by atoms with Crippen LogP contribution in [0.15, 0.2) is 0 Å². The average molecular weight is 267 g/mol. The third-order valence-corrected chi connectivity index (χ3v) is 5.49. The van der Waals surface area contributed by atoms with Gasteiger partial charge < -0.3 is 10.2 Å². The molecule has 0 saturated carbocycles. The summed E-state index contributed by atoms with van der Waals surface area (Å²) in [7, 11) is 2.27. The van der Waals surface area contributed by atoms with E-state index in [1.807, 2.05) is 0 Å². The first kappa shape index (κ1) is 15.3. The minimum Gasteiger partial charge on any atom is -0.312 e. The lowest BCUT2D eigenvalue weighted by atomic mass is 9.94. The minimum absolute atomic E-state index is 0.697. The van der Waals surface area contributed by atoms with Gasteiger partial charge in [-0.15, -0.1) is 0 Å². The summed E-state index contributed by atoms with van der Waals surface area (Å²) in [6.45, 7) is 12.1. The normalized spacial score (nSPS) is 36.9. The summed E-state index contributed by atoms with van der Waals surface area (Å²) in [6, 6.07) is 2.26. The molecule has 0 aliphatic carbocycles. The molecular weight excluding hydrogens is 234 g/mol. The van der Waals surface area contributed by atoms with Gasteiger partial charge in [0, 0.05) is 24.7 Å². The van der Waals surface area contributed by atoms with Gasteiger partial charge in [-0.1, -0.05) is 20.3 Å². The molecule has 2 heterocycles. The zero-order valence-corrected chi connectivity index (χ0v) is 13.4. The fourth-order valence-electron chi connectivity index (χ4n) is 3.57. The molecule has 2 rings (SSSR count). The second-order valence-electron chi connectivity index (χ2n) is 6.80. The fraction of sp³-hybridized carbons (Fsp3) is 1.00. The van der Waals surface area contributed by atoms with Gasteiger partial charge in [0.05, 0.1) is 0 Å². The van der Waals surface area contributed by atoms with Crippen LogP contribution in [-0.2, 0) is 0 Å². The second-order valence-corrected chi connectivity index (χ2v) is 6.80. The van der Waals surface area contributed by atoms with Crippen LogP contribution in [0.1, 0.15) is 46.5 Å². The first-order chi connectivity index (χ1) is 9.11. The van der Waals surface area contributed by atoms with Crippen LogP contribution in [0.25, 0.3) is 0 Å². The lowest BCUT2D eigenvalue weighted by Gasteiger charge is -2.41. The molecular formula is C16H33N3. The van der Waals surface area contributed by atoms with E-state index >= 15 is 0 Å². The van der Waals surface area contributed by atoms with Crippen molar-refractivity contribution in [1.29, 1.82) is 0 Å². The predicted octanol–water partition coefficient (Wildman–Crippen LogP) is 2.18. The topological polar surface area (TPSA) is 18.5 Å². The Hall–Kier alpha value is -0.120. The summed E-state index contributed by atoms with van der Waals surface area (Å²) in [5, 5.41) is 3.77. The van der Waals surface area contributed by atoms with E-state index in [-0.39, 0.29) is 0 Å². The molecule has 2 aliphatic heterocycles. The van der Waals surface area contributed by atoms with Crippen molar-refractivity contribution in [1.82, 2.24) is 15.1 Å². The Labute approximate surface area is 119 Å². The molecule has 1 N–H and O–H groups in total. The minimum atomic E-state index is 0.697. The van der Waals surface area contributed by atoms with Crippen molar-refractivity contribution in [2.75, 3.05) is 33.2 Å². The molecule has 2 aliphatic rings. The molecule has 112 valence electrons. The molecule has 0 radical (unpaired) electrons. The summed E-state index contributed by atoms with van der Waals surface area (Å²) < 4.78 is 0. The number of nitrogens with one attached hydrogen (secondary N) is 1. The van der Waals surface area contributed by atoms with Crippen molar-refractivity contribution < 1.29 is 0 Å². The molecule has 19 heavy (non-hydrogen) atoms. The lowest BCUT2D eigenvalue weighted by Crippen LogP contribution is -2.51. The number of likely N-dealkylation sites (tertiary alicyclic amines) is 1. The molecule has 0 aromatic carbocycles. The van der Waals surface area contributed by atoms with Gasteiger partial charge in [-0.05, 0) is 58.8 Å². The first-order valence-corrected chi connectivity index (χ1v) is 8.29. The average Bonchev–Trinajstić information content (AvgIpc) is 2.67. The molecule has 0 amide bonds. The quantitative estimate of drug-likeness (QED) is 0.845. The van der Waals surface area contributed by atoms with Crippen LogP contribution >= 0.6 is 0 Å². The van der Waals surface area contributed by atoms with Crippen molar-refractivity contribution in [2.45, 2.75) is 64.6 Å². The summed E-state index contributed by atoms with van der Waals surface area (Å²) >= 11 is 0. The van der Waals surface area contributed by atoms with Crippen LogP contribution in [0.4, 0.5) is 0 Å². The van der Waals surface area contributed by atoms with Gasteiger partial charge in [-0.2, -0.15) is 0 Å². The summed E-state index contributed by atoms with van der Waals surface area (Å²) in [5.41, 5.74) is 0. The zero-order valence-electron chi connectivity index (χ0n) is 13.4. The van der Waals surface area contributed by atoms with Gasteiger partial charge in [0.2, 0.25) is 0 Å². The maximum atomic E-state index is 3.77. The van der Waals surface area contributed by atoms with Gasteiger partial charge in [0.15, 0.2) is 0 Å². The van der Waals surface area contributed by atoms with E-state index in [1.165, 1.54) is 51.9 Å². The molecule has 0 spiro atoms. The van der Waals surface area contributed by atoms with E-state index in [0.717, 1.165) is 18.0 Å². The third kappa shape index (κ3) is 3.93. The van der Waals surface area contributed by atoms with Crippen molar-refractivity contribution in [2.24, 2.45) is 5.92 Å². The highest BCUT2D eigenvalue weighted by Crippen LogP contribution is 2.23. The van der Waals surface area contributed by atoms with Crippen LogP contribution < -0.4 is 5.32 Å². The van der Waals surface area contributed by atoms with Gasteiger partial charge in [0.1, 0.15) is 0 Å². The van der Waals surface area contributed by atoms with E-state index in [9.17, 15) is 0 Å². The van der Waals surface area contributed by atoms with Crippen LogP contribution in [-0.4, -0.2) is 61.2 Å². The number of hydrogen-bond donors (Lipinski definition) is 1. The highest BCUT2D eigenvalue weighted by Gasteiger charge is 2.30. The molecule has 2 saturated heterocycles. The van der Waals surface area contributed by atoms with Crippen molar-refractivity contribution in [3.05, 3.63) is 0 Å². The molecule has 0 aromatic rings. The molecule has 3 heteroatoms. The lowest BCUT2D eigenvalue weighted by molar-refractivity contribution is 0.0824. The fourth-order valence-corrected chi connectivity index (χ4v) is 3.57. The Kier molecular flexibility index (Phi) is 5.67. The number of rotatable bonds is 3. The van der Waals surface area contributed by atoms with E-state index in [4.69, 9.17) is 0 Å².